The van der Waals surface area contributed by atoms with Crippen LogP contribution in [0.1, 0.15) is 12.5 Å². The van der Waals surface area contributed by atoms with Crippen molar-refractivity contribution in [3.63, 3.8) is 0 Å². The second-order valence-corrected chi connectivity index (χ2v) is 7.80. The number of fused-ring (bicyclic) bond motifs is 4. The smallest absolute Gasteiger partial charge is 0.126 e. The molecule has 150 valence electrons. The first-order valence-corrected chi connectivity index (χ1v) is 10.2. The zero-order chi connectivity index (χ0) is 20.7. The maximum absolute atomic E-state index is 6.11. The van der Waals surface area contributed by atoms with Gasteiger partial charge in [-0.05, 0) is 67.3 Å². The van der Waals surface area contributed by atoms with Crippen molar-refractivity contribution in [3.8, 4) is 5.75 Å². The van der Waals surface area contributed by atoms with Crippen LogP contribution in [0.25, 0.3) is 32.6 Å². The van der Waals surface area contributed by atoms with E-state index in [9.17, 15) is 0 Å². The number of hydrogen-bond acceptors (Lipinski definition) is 4. The van der Waals surface area contributed by atoms with E-state index in [0.717, 1.165) is 17.0 Å². The van der Waals surface area contributed by atoms with Gasteiger partial charge >= 0.3 is 0 Å². The zero-order valence-electron chi connectivity index (χ0n) is 17.4. The highest BCUT2D eigenvalue weighted by Gasteiger charge is 2.14. The quantitative estimate of drug-likeness (QED) is 0.428. The van der Waals surface area contributed by atoms with Crippen LogP contribution in [-0.2, 0) is 7.05 Å². The van der Waals surface area contributed by atoms with Crippen LogP contribution in [0.4, 0.5) is 5.82 Å². The van der Waals surface area contributed by atoms with Gasteiger partial charge in [-0.25, -0.2) is 4.98 Å². The van der Waals surface area contributed by atoms with Gasteiger partial charge in [0.25, 0.3) is 0 Å². The molecular formula is C25H24N4O. The Morgan fingerprint density at radius 1 is 1.03 bits per heavy atom. The molecule has 1 N–H and O–H groups in total. The van der Waals surface area contributed by atoms with E-state index in [2.05, 4.69) is 65.0 Å². The average Bonchev–Trinajstić information content (AvgIpc) is 3.05. The van der Waals surface area contributed by atoms with E-state index in [1.165, 1.54) is 32.8 Å². The molecule has 5 nitrogen and oxygen atoms in total. The van der Waals surface area contributed by atoms with Crippen molar-refractivity contribution in [1.82, 2.24) is 14.5 Å². The van der Waals surface area contributed by atoms with E-state index in [4.69, 9.17) is 4.74 Å². The summed E-state index contributed by atoms with van der Waals surface area (Å²) in [5.41, 5.74) is 3.73. The third-order valence-corrected chi connectivity index (χ3v) is 5.68. The fourth-order valence-electron chi connectivity index (χ4n) is 4.25. The lowest BCUT2D eigenvalue weighted by atomic mass is 10.0. The van der Waals surface area contributed by atoms with E-state index >= 15 is 0 Å². The normalized spacial score (nSPS) is 12.5. The van der Waals surface area contributed by atoms with Crippen LogP contribution in [0.5, 0.6) is 5.75 Å². The van der Waals surface area contributed by atoms with E-state index in [1.54, 1.807) is 6.20 Å². The molecule has 0 bridgehead atoms. The number of nitrogens with one attached hydrogen (secondary N) is 1. The summed E-state index contributed by atoms with van der Waals surface area (Å²) in [4.78, 5) is 8.61. The number of anilines is 1. The fraction of sp³-hybridized carbons (Fsp3) is 0.200. The molecule has 5 rings (SSSR count). The Bertz CT molecular complexity index is 1360. The van der Waals surface area contributed by atoms with Crippen LogP contribution >= 0.6 is 0 Å². The van der Waals surface area contributed by atoms with Crippen LogP contribution in [0, 0.1) is 6.92 Å². The molecule has 0 fully saturated rings. The fourth-order valence-corrected chi connectivity index (χ4v) is 4.25. The molecule has 1 atom stereocenters. The van der Waals surface area contributed by atoms with E-state index in [-0.39, 0.29) is 6.04 Å². The standard InChI is InChI=1S/C25H24N4O/c1-16(28-24-6-4-5-10-27-24)15-30-19-7-8-23-21(13-19)22-12-18-14-26-11-9-20(18)17(2)25(22)29(23)3/h4-14,16H,15H2,1-3H3,(H,27,28). The molecule has 0 saturated carbocycles. The molecule has 0 spiro atoms. The summed E-state index contributed by atoms with van der Waals surface area (Å²) in [5.74, 6) is 1.72. The van der Waals surface area contributed by atoms with Gasteiger partial charge in [-0.2, -0.15) is 0 Å². The predicted octanol–water partition coefficient (Wildman–Crippen LogP) is 5.46. The summed E-state index contributed by atoms with van der Waals surface area (Å²) in [6, 6.07) is 16.6. The monoisotopic (exact) mass is 396 g/mol. The Hall–Kier alpha value is -3.60. The minimum Gasteiger partial charge on any atom is -0.491 e. The van der Waals surface area contributed by atoms with Crippen LogP contribution in [0.15, 0.2) is 67.1 Å². The number of aryl methyl sites for hydroxylation is 2. The summed E-state index contributed by atoms with van der Waals surface area (Å²) in [7, 11) is 2.13. The number of pyridine rings is 2. The van der Waals surface area contributed by atoms with Crippen molar-refractivity contribution in [2.45, 2.75) is 19.9 Å². The van der Waals surface area contributed by atoms with Gasteiger partial charge in [0.05, 0.1) is 11.6 Å². The van der Waals surface area contributed by atoms with Gasteiger partial charge in [0, 0.05) is 47.3 Å². The van der Waals surface area contributed by atoms with E-state index in [1.807, 2.05) is 36.7 Å². The van der Waals surface area contributed by atoms with Crippen LogP contribution in [0.2, 0.25) is 0 Å². The Morgan fingerprint density at radius 2 is 1.93 bits per heavy atom. The number of benzene rings is 2. The van der Waals surface area contributed by atoms with Crippen molar-refractivity contribution >= 4 is 38.4 Å². The Kier molecular flexibility index (Phi) is 4.51. The van der Waals surface area contributed by atoms with Crippen LogP contribution < -0.4 is 10.1 Å². The Balaban J connectivity index is 1.48. The minimum absolute atomic E-state index is 0.139. The molecule has 30 heavy (non-hydrogen) atoms. The van der Waals surface area contributed by atoms with Crippen molar-refractivity contribution in [3.05, 3.63) is 72.7 Å². The molecule has 5 heteroatoms. The minimum atomic E-state index is 0.139. The molecule has 0 aliphatic rings. The van der Waals surface area contributed by atoms with Gasteiger partial charge in [-0.1, -0.05) is 6.07 Å². The molecule has 1 unspecified atom stereocenters. The van der Waals surface area contributed by atoms with Crippen molar-refractivity contribution in [2.24, 2.45) is 7.05 Å². The van der Waals surface area contributed by atoms with E-state index < -0.39 is 0 Å². The van der Waals surface area contributed by atoms with Gasteiger partial charge in [0.15, 0.2) is 0 Å². The highest BCUT2D eigenvalue weighted by molar-refractivity contribution is 6.14. The molecule has 0 radical (unpaired) electrons. The average molecular weight is 396 g/mol. The van der Waals surface area contributed by atoms with Crippen LogP contribution in [0.3, 0.4) is 0 Å². The first kappa shape index (κ1) is 18.4. The summed E-state index contributed by atoms with van der Waals surface area (Å²) >= 11 is 0. The Labute approximate surface area is 175 Å². The lowest BCUT2D eigenvalue weighted by Crippen LogP contribution is -2.23. The number of aromatic nitrogens is 3. The van der Waals surface area contributed by atoms with Crippen LogP contribution in [-0.4, -0.2) is 27.2 Å². The van der Waals surface area contributed by atoms with Crippen molar-refractivity contribution in [1.29, 1.82) is 0 Å². The largest absolute Gasteiger partial charge is 0.491 e. The van der Waals surface area contributed by atoms with Crippen molar-refractivity contribution in [2.75, 3.05) is 11.9 Å². The molecule has 2 aromatic carbocycles. The third-order valence-electron chi connectivity index (χ3n) is 5.68. The van der Waals surface area contributed by atoms with Gasteiger partial charge < -0.3 is 14.6 Å². The molecule has 5 aromatic rings. The summed E-state index contributed by atoms with van der Waals surface area (Å²) < 4.78 is 8.38. The maximum atomic E-state index is 6.11. The Morgan fingerprint density at radius 3 is 2.77 bits per heavy atom. The summed E-state index contributed by atoms with van der Waals surface area (Å²) in [5, 5.41) is 8.20. The lowest BCUT2D eigenvalue weighted by molar-refractivity contribution is 0.304. The third kappa shape index (κ3) is 3.12. The highest BCUT2D eigenvalue weighted by Crippen LogP contribution is 2.36. The molecule has 0 saturated heterocycles. The molecule has 0 aliphatic carbocycles. The van der Waals surface area contributed by atoms with Gasteiger partial charge in [0.2, 0.25) is 0 Å². The number of ether oxygens (including phenoxy) is 1. The summed E-state index contributed by atoms with van der Waals surface area (Å²) in [6.45, 7) is 4.83. The van der Waals surface area contributed by atoms with Gasteiger partial charge in [-0.3, -0.25) is 4.98 Å². The molecule has 3 heterocycles. The first-order chi connectivity index (χ1) is 14.6. The number of nitrogens with zero attached hydrogens (tertiary/aromatic N) is 3. The number of rotatable bonds is 5. The summed E-state index contributed by atoms with van der Waals surface area (Å²) in [6.07, 6.45) is 5.58. The highest BCUT2D eigenvalue weighted by atomic mass is 16.5. The molecule has 0 amide bonds. The molecule has 3 aromatic heterocycles. The van der Waals surface area contributed by atoms with E-state index in [0.29, 0.717) is 6.61 Å². The second-order valence-electron chi connectivity index (χ2n) is 7.80. The van der Waals surface area contributed by atoms with Crippen molar-refractivity contribution < 1.29 is 4.74 Å². The molecular weight excluding hydrogens is 372 g/mol. The maximum Gasteiger partial charge on any atom is 0.126 e. The molecule has 0 aliphatic heterocycles. The first-order valence-electron chi connectivity index (χ1n) is 10.2. The topological polar surface area (TPSA) is 52.0 Å². The number of hydrogen-bond donors (Lipinski definition) is 1. The van der Waals surface area contributed by atoms with Gasteiger partial charge in [-0.15, -0.1) is 0 Å². The van der Waals surface area contributed by atoms with Gasteiger partial charge in [0.1, 0.15) is 18.2 Å². The zero-order valence-corrected chi connectivity index (χ0v) is 17.4. The predicted molar refractivity (Wildman–Crippen MR) is 123 cm³/mol. The SMILES string of the molecule is Cc1c2ccncc2cc2c3cc(OCC(C)Nc4ccccn4)ccc3n(C)c12. The second kappa shape index (κ2) is 7.34. The lowest BCUT2D eigenvalue weighted by Gasteiger charge is -2.15.